The Labute approximate surface area is 52.8 Å². The number of rotatable bonds is 1. The van der Waals surface area contributed by atoms with E-state index in [9.17, 15) is 0 Å². The topological polar surface area (TPSA) is 68.8 Å². The fourth-order valence-electron chi connectivity index (χ4n) is 0.540. The Kier molecular flexibility index (Phi) is 1.26. The molecule has 0 saturated carbocycles. The van der Waals surface area contributed by atoms with Gasteiger partial charge in [-0.15, -0.1) is 10.2 Å². The molecule has 5 nitrogen and oxygen atoms in total. The Bertz CT molecular complexity index is 203. The van der Waals surface area contributed by atoms with E-state index >= 15 is 0 Å². The maximum Gasteiger partial charge on any atom is 0.243 e. The molecule has 1 rings (SSSR count). The number of nitrogens with zero attached hydrogens (tertiary/aromatic N) is 3. The summed E-state index contributed by atoms with van der Waals surface area (Å²) >= 11 is 0. The molecule has 0 aliphatic rings. The van der Waals surface area contributed by atoms with Crippen LogP contribution in [0.4, 0.5) is 5.95 Å². The highest BCUT2D eigenvalue weighted by Crippen LogP contribution is 1.97. The van der Waals surface area contributed by atoms with Crippen molar-refractivity contribution in [2.75, 3.05) is 18.2 Å². The van der Waals surface area contributed by atoms with Crippen molar-refractivity contribution in [3.63, 3.8) is 0 Å². The summed E-state index contributed by atoms with van der Waals surface area (Å²) in [7, 11) is 1.74. The number of hydrogen-bond acceptors (Lipinski definition) is 4. The second kappa shape index (κ2) is 1.93. The third-order valence-corrected chi connectivity index (χ3v) is 1.09. The molecule has 9 heavy (non-hydrogen) atoms. The van der Waals surface area contributed by atoms with Crippen LogP contribution < -0.4 is 11.2 Å². The summed E-state index contributed by atoms with van der Waals surface area (Å²) in [5.74, 6) is 6.71. The van der Waals surface area contributed by atoms with Crippen LogP contribution in [0.3, 0.4) is 0 Å². The molecule has 0 aromatic carbocycles. The molecule has 0 amide bonds. The van der Waals surface area contributed by atoms with E-state index in [1.807, 2.05) is 0 Å². The average Bonchev–Trinajstić information content (AvgIpc) is 2.15. The van der Waals surface area contributed by atoms with Gasteiger partial charge in [0.2, 0.25) is 5.95 Å². The van der Waals surface area contributed by atoms with Gasteiger partial charge in [0.05, 0.1) is 0 Å². The molecule has 0 aliphatic carbocycles. The van der Waals surface area contributed by atoms with Gasteiger partial charge in [-0.2, -0.15) is 0 Å². The fraction of sp³-hybridized carbons (Fsp3) is 0.500. The van der Waals surface area contributed by atoms with E-state index in [0.29, 0.717) is 11.8 Å². The molecular weight excluding hydrogens is 118 g/mol. The van der Waals surface area contributed by atoms with E-state index in [4.69, 9.17) is 5.84 Å². The van der Waals surface area contributed by atoms with E-state index in [2.05, 4.69) is 15.5 Å². The first kappa shape index (κ1) is 5.87. The Balaban J connectivity index is 3.04. The van der Waals surface area contributed by atoms with Gasteiger partial charge in [0, 0.05) is 7.05 Å². The molecule has 0 saturated heterocycles. The second-order valence-corrected chi connectivity index (χ2v) is 1.69. The lowest BCUT2D eigenvalue weighted by atomic mass is 10.7. The second-order valence-electron chi connectivity index (χ2n) is 1.69. The van der Waals surface area contributed by atoms with Gasteiger partial charge >= 0.3 is 0 Å². The number of nitrogen functional groups attached to an aromatic ring is 1. The van der Waals surface area contributed by atoms with Crippen molar-refractivity contribution in [3.05, 3.63) is 5.82 Å². The number of anilines is 1. The zero-order valence-corrected chi connectivity index (χ0v) is 5.42. The third kappa shape index (κ3) is 0.802. The summed E-state index contributed by atoms with van der Waals surface area (Å²) in [4.78, 5) is 0. The van der Waals surface area contributed by atoms with Crippen molar-refractivity contribution in [2.24, 2.45) is 0 Å². The first-order valence-corrected chi connectivity index (χ1v) is 2.60. The van der Waals surface area contributed by atoms with Crippen LogP contribution in [0.25, 0.3) is 0 Å². The predicted molar refractivity (Wildman–Crippen MR) is 34.5 cm³/mol. The van der Waals surface area contributed by atoms with Gasteiger partial charge in [-0.3, -0.25) is 0 Å². The van der Waals surface area contributed by atoms with Crippen LogP contribution in [0, 0.1) is 6.92 Å². The van der Waals surface area contributed by atoms with Crippen LogP contribution in [0.2, 0.25) is 0 Å². The standard InChI is InChI=1S/C4H9N5/c1-3-7-8-4(6-2)9(3)5/h5H2,1-2H3,(H,6,8). The summed E-state index contributed by atoms with van der Waals surface area (Å²) < 4.78 is 1.39. The Morgan fingerprint density at radius 2 is 2.22 bits per heavy atom. The lowest BCUT2D eigenvalue weighted by Crippen LogP contribution is -2.13. The zero-order valence-electron chi connectivity index (χ0n) is 5.42. The first-order chi connectivity index (χ1) is 4.25. The summed E-state index contributed by atoms with van der Waals surface area (Å²) in [5.41, 5.74) is 0. The molecule has 3 N–H and O–H groups in total. The lowest BCUT2D eigenvalue weighted by Gasteiger charge is -1.96. The highest BCUT2D eigenvalue weighted by molar-refractivity contribution is 5.23. The summed E-state index contributed by atoms with van der Waals surface area (Å²) in [5, 5.41) is 10.2. The van der Waals surface area contributed by atoms with Gasteiger partial charge in [0.15, 0.2) is 5.82 Å². The molecule has 5 heteroatoms. The van der Waals surface area contributed by atoms with Crippen LogP contribution in [0.15, 0.2) is 0 Å². The molecule has 0 spiro atoms. The molecule has 50 valence electrons. The molecule has 1 aromatic heterocycles. The maximum absolute atomic E-state index is 5.44. The maximum atomic E-state index is 5.44. The van der Waals surface area contributed by atoms with Crippen molar-refractivity contribution in [3.8, 4) is 0 Å². The highest BCUT2D eigenvalue weighted by atomic mass is 15.5. The minimum Gasteiger partial charge on any atom is -0.356 e. The van der Waals surface area contributed by atoms with Crippen LogP contribution in [-0.4, -0.2) is 21.9 Å². The Hall–Kier alpha value is -1.26. The molecule has 0 fully saturated rings. The largest absolute Gasteiger partial charge is 0.356 e. The van der Waals surface area contributed by atoms with E-state index in [1.54, 1.807) is 14.0 Å². The van der Waals surface area contributed by atoms with Gasteiger partial charge in [-0.1, -0.05) is 0 Å². The molecule has 0 bridgehead atoms. The molecule has 1 heterocycles. The number of aromatic nitrogens is 3. The number of hydrogen-bond donors (Lipinski definition) is 2. The normalized spacial score (nSPS) is 9.56. The Morgan fingerprint density at radius 3 is 2.44 bits per heavy atom. The van der Waals surface area contributed by atoms with E-state index in [-0.39, 0.29) is 0 Å². The van der Waals surface area contributed by atoms with E-state index in [1.165, 1.54) is 4.68 Å². The quantitative estimate of drug-likeness (QED) is 0.491. The van der Waals surface area contributed by atoms with Gasteiger partial charge in [0.25, 0.3) is 0 Å². The van der Waals surface area contributed by atoms with Gasteiger partial charge in [-0.05, 0) is 6.92 Å². The molecule has 0 radical (unpaired) electrons. The third-order valence-electron chi connectivity index (χ3n) is 1.09. The summed E-state index contributed by atoms with van der Waals surface area (Å²) in [6.07, 6.45) is 0. The molecule has 0 atom stereocenters. The smallest absolute Gasteiger partial charge is 0.243 e. The van der Waals surface area contributed by atoms with Crippen molar-refractivity contribution in [1.82, 2.24) is 14.9 Å². The van der Waals surface area contributed by atoms with Crippen LogP contribution in [0.5, 0.6) is 0 Å². The average molecular weight is 127 g/mol. The van der Waals surface area contributed by atoms with Crippen LogP contribution in [0.1, 0.15) is 5.82 Å². The first-order valence-electron chi connectivity index (χ1n) is 2.60. The summed E-state index contributed by atoms with van der Waals surface area (Å²) in [6, 6.07) is 0. The zero-order chi connectivity index (χ0) is 6.85. The Morgan fingerprint density at radius 1 is 1.56 bits per heavy atom. The highest BCUT2D eigenvalue weighted by Gasteiger charge is 1.99. The predicted octanol–water partition coefficient (Wildman–Crippen LogP) is -0.658. The monoisotopic (exact) mass is 127 g/mol. The van der Waals surface area contributed by atoms with Crippen molar-refractivity contribution in [2.45, 2.75) is 6.92 Å². The molecule has 0 unspecified atom stereocenters. The SMILES string of the molecule is CNc1nnc(C)n1N. The van der Waals surface area contributed by atoms with Crippen molar-refractivity contribution >= 4 is 5.95 Å². The minimum atomic E-state index is 0.576. The van der Waals surface area contributed by atoms with Crippen LogP contribution in [-0.2, 0) is 0 Å². The van der Waals surface area contributed by atoms with E-state index < -0.39 is 0 Å². The number of nitrogens with two attached hydrogens (primary N) is 1. The van der Waals surface area contributed by atoms with Crippen LogP contribution >= 0.6 is 0 Å². The molecule has 1 aromatic rings. The van der Waals surface area contributed by atoms with Crippen molar-refractivity contribution in [1.29, 1.82) is 0 Å². The van der Waals surface area contributed by atoms with Gasteiger partial charge in [-0.25, -0.2) is 4.68 Å². The molecular formula is C4H9N5. The molecule has 0 aliphatic heterocycles. The number of nitrogens with one attached hydrogen (secondary N) is 1. The number of aryl methyl sites for hydroxylation is 1. The van der Waals surface area contributed by atoms with Gasteiger partial charge in [0.1, 0.15) is 0 Å². The summed E-state index contributed by atoms with van der Waals surface area (Å²) in [6.45, 7) is 1.79. The lowest BCUT2D eigenvalue weighted by molar-refractivity contribution is 0.929. The fourth-order valence-corrected chi connectivity index (χ4v) is 0.540. The van der Waals surface area contributed by atoms with Crippen molar-refractivity contribution < 1.29 is 0 Å². The minimum absolute atomic E-state index is 0.576. The van der Waals surface area contributed by atoms with E-state index in [0.717, 1.165) is 0 Å². The van der Waals surface area contributed by atoms with Gasteiger partial charge < -0.3 is 11.2 Å².